The fraction of sp³-hybridized carbons (Fsp3) is 0.174. The molecular formula is C46H38N4. The van der Waals surface area contributed by atoms with E-state index in [9.17, 15) is 10.5 Å². The van der Waals surface area contributed by atoms with Gasteiger partial charge in [0, 0.05) is 33.4 Å². The molecule has 0 N–H and O–H groups in total. The lowest BCUT2D eigenvalue weighted by molar-refractivity contribution is 0.759. The van der Waals surface area contributed by atoms with Crippen LogP contribution in [0.4, 0.5) is 0 Å². The van der Waals surface area contributed by atoms with Crippen LogP contribution in [-0.4, -0.2) is 9.13 Å². The molecule has 4 nitrogen and oxygen atoms in total. The number of unbranched alkanes of at least 4 members (excludes halogenated alkanes) is 1. The molecule has 8 rings (SSSR count). The molecule has 0 atom stereocenters. The molecule has 1 aliphatic rings. The number of allylic oxidation sites excluding steroid dienone is 1. The fourth-order valence-corrected chi connectivity index (χ4v) is 7.92. The first-order chi connectivity index (χ1) is 24.5. The molecule has 4 heteroatoms. The van der Waals surface area contributed by atoms with Crippen LogP contribution in [0.25, 0.3) is 61.5 Å². The van der Waals surface area contributed by atoms with Crippen molar-refractivity contribution < 1.29 is 0 Å². The first-order valence-electron chi connectivity index (χ1n) is 17.6. The molecule has 7 aromatic rings. The molecule has 0 amide bonds. The van der Waals surface area contributed by atoms with Crippen LogP contribution in [0.2, 0.25) is 0 Å². The van der Waals surface area contributed by atoms with E-state index >= 15 is 0 Å². The van der Waals surface area contributed by atoms with E-state index < -0.39 is 0 Å². The maximum absolute atomic E-state index is 10.6. The summed E-state index contributed by atoms with van der Waals surface area (Å²) in [5.74, 6) is 0. The van der Waals surface area contributed by atoms with Gasteiger partial charge in [0.05, 0.1) is 40.0 Å². The lowest BCUT2D eigenvalue weighted by Gasteiger charge is -2.18. The van der Waals surface area contributed by atoms with Gasteiger partial charge in [0.2, 0.25) is 0 Å². The number of aromatic nitrogens is 2. The van der Waals surface area contributed by atoms with Gasteiger partial charge in [-0.3, -0.25) is 0 Å². The number of aryl methyl sites for hydroxylation is 3. The highest BCUT2D eigenvalue weighted by molar-refractivity contribution is 5.93. The summed E-state index contributed by atoms with van der Waals surface area (Å²) in [6, 6.07) is 40.9. The van der Waals surface area contributed by atoms with Crippen LogP contribution in [0.1, 0.15) is 65.4 Å². The zero-order valence-electron chi connectivity index (χ0n) is 28.8. The van der Waals surface area contributed by atoms with E-state index in [0.717, 1.165) is 82.2 Å². The Labute approximate surface area is 293 Å². The van der Waals surface area contributed by atoms with Gasteiger partial charge >= 0.3 is 0 Å². The molecule has 242 valence electrons. The molecule has 0 spiro atoms. The number of fused-ring (bicyclic) bond motifs is 4. The van der Waals surface area contributed by atoms with Gasteiger partial charge in [-0.2, -0.15) is 10.5 Å². The Morgan fingerprint density at radius 1 is 0.700 bits per heavy atom. The molecule has 2 aromatic heterocycles. The van der Waals surface area contributed by atoms with Crippen molar-refractivity contribution in [2.75, 3.05) is 0 Å². The van der Waals surface area contributed by atoms with Crippen molar-refractivity contribution in [2.24, 2.45) is 0 Å². The smallest absolute Gasteiger partial charge is 0.0998 e. The monoisotopic (exact) mass is 646 g/mol. The number of nitrogens with zero attached hydrogens (tertiary/aromatic N) is 4. The molecule has 2 heterocycles. The minimum atomic E-state index is 0.643. The van der Waals surface area contributed by atoms with Crippen molar-refractivity contribution in [1.82, 2.24) is 9.13 Å². The maximum Gasteiger partial charge on any atom is 0.0998 e. The molecular weight excluding hydrogens is 609 g/mol. The SMILES string of the molecule is CCCCc1c(C)c2cc(C#N)ccc2n1-c1cc(-c2ccc(-c3ccccc3-n3c4c(c5ccccc53)CCC=C4)cc2C#N)ccc1C. The van der Waals surface area contributed by atoms with E-state index in [1.54, 1.807) is 0 Å². The minimum Gasteiger partial charge on any atom is -0.313 e. The third-order valence-corrected chi connectivity index (χ3v) is 10.5. The van der Waals surface area contributed by atoms with Crippen LogP contribution in [-0.2, 0) is 12.8 Å². The van der Waals surface area contributed by atoms with E-state index in [4.69, 9.17) is 0 Å². The van der Waals surface area contributed by atoms with Crippen LogP contribution >= 0.6 is 0 Å². The molecule has 0 radical (unpaired) electrons. The van der Waals surface area contributed by atoms with Crippen molar-refractivity contribution in [2.45, 2.75) is 52.9 Å². The third kappa shape index (κ3) is 5.04. The Morgan fingerprint density at radius 2 is 1.48 bits per heavy atom. The third-order valence-electron chi connectivity index (χ3n) is 10.5. The summed E-state index contributed by atoms with van der Waals surface area (Å²) in [5, 5.41) is 22.6. The second-order valence-corrected chi connectivity index (χ2v) is 13.4. The number of hydrogen-bond acceptors (Lipinski definition) is 2. The van der Waals surface area contributed by atoms with Gasteiger partial charge in [-0.25, -0.2) is 0 Å². The Hall–Kier alpha value is -6.10. The van der Waals surface area contributed by atoms with E-state index in [1.807, 2.05) is 18.2 Å². The minimum absolute atomic E-state index is 0.643. The highest BCUT2D eigenvalue weighted by Crippen LogP contribution is 2.39. The second kappa shape index (κ2) is 12.7. The van der Waals surface area contributed by atoms with Gasteiger partial charge in [0.1, 0.15) is 0 Å². The van der Waals surface area contributed by atoms with Crippen molar-refractivity contribution >= 4 is 27.9 Å². The van der Waals surface area contributed by atoms with Gasteiger partial charge in [0.15, 0.2) is 0 Å². The van der Waals surface area contributed by atoms with Gasteiger partial charge in [-0.15, -0.1) is 0 Å². The van der Waals surface area contributed by atoms with E-state index in [-0.39, 0.29) is 0 Å². The van der Waals surface area contributed by atoms with E-state index in [1.165, 1.54) is 33.4 Å². The van der Waals surface area contributed by atoms with Crippen LogP contribution in [0, 0.1) is 36.5 Å². The van der Waals surface area contributed by atoms with Crippen molar-refractivity contribution in [3.8, 4) is 45.8 Å². The van der Waals surface area contributed by atoms with Crippen LogP contribution in [0.15, 0.2) is 109 Å². The van der Waals surface area contributed by atoms with Crippen LogP contribution in [0.5, 0.6) is 0 Å². The molecule has 1 aliphatic carbocycles. The van der Waals surface area contributed by atoms with Crippen LogP contribution in [0.3, 0.4) is 0 Å². The second-order valence-electron chi connectivity index (χ2n) is 13.4. The van der Waals surface area contributed by atoms with E-state index in [2.05, 4.69) is 139 Å². The Balaban J connectivity index is 1.26. The molecule has 0 bridgehead atoms. The maximum atomic E-state index is 10.6. The average Bonchev–Trinajstić information content (AvgIpc) is 3.64. The Kier molecular flexibility index (Phi) is 7.94. The lowest BCUT2D eigenvalue weighted by Crippen LogP contribution is -2.04. The molecule has 0 saturated carbocycles. The summed E-state index contributed by atoms with van der Waals surface area (Å²) in [7, 11) is 0. The molecule has 50 heavy (non-hydrogen) atoms. The summed E-state index contributed by atoms with van der Waals surface area (Å²) in [5.41, 5.74) is 16.2. The highest BCUT2D eigenvalue weighted by atomic mass is 15.0. The first kappa shape index (κ1) is 31.2. The Morgan fingerprint density at radius 3 is 2.32 bits per heavy atom. The molecule has 0 aliphatic heterocycles. The van der Waals surface area contributed by atoms with Crippen molar-refractivity contribution in [1.29, 1.82) is 10.5 Å². The number of para-hydroxylation sites is 2. The number of nitriles is 2. The van der Waals surface area contributed by atoms with Gasteiger partial charge in [0.25, 0.3) is 0 Å². The van der Waals surface area contributed by atoms with Gasteiger partial charge < -0.3 is 9.13 Å². The molecule has 0 fully saturated rings. The van der Waals surface area contributed by atoms with Crippen molar-refractivity contribution in [3.05, 3.63) is 148 Å². The summed E-state index contributed by atoms with van der Waals surface area (Å²) < 4.78 is 4.77. The van der Waals surface area contributed by atoms with Gasteiger partial charge in [-0.1, -0.05) is 80.1 Å². The molecule has 0 unspecified atom stereocenters. The number of rotatable bonds is 7. The van der Waals surface area contributed by atoms with E-state index in [0.29, 0.717) is 11.1 Å². The standard InChI is InChI=1S/C46H38N4/c1-4-5-15-41-31(3)40-25-32(28-47)20-24-45(40)49(41)46-27-34(21-19-30(46)2)36-23-22-33(26-35(36)29-48)37-12-6-9-16-42(37)50-43-17-10-7-13-38(43)39-14-8-11-18-44(39)50/h6-7,9-13,16-27H,4-5,8,14-15H2,1-3H3. The summed E-state index contributed by atoms with van der Waals surface area (Å²) in [4.78, 5) is 0. The highest BCUT2D eigenvalue weighted by Gasteiger charge is 2.22. The zero-order valence-corrected chi connectivity index (χ0v) is 28.8. The average molecular weight is 647 g/mol. The normalized spacial score (nSPS) is 12.3. The Bertz CT molecular complexity index is 2580. The predicted octanol–water partition coefficient (Wildman–Crippen LogP) is 11.6. The predicted molar refractivity (Wildman–Crippen MR) is 206 cm³/mol. The summed E-state index contributed by atoms with van der Waals surface area (Å²) >= 11 is 0. The van der Waals surface area contributed by atoms with Crippen molar-refractivity contribution in [3.63, 3.8) is 0 Å². The van der Waals surface area contributed by atoms with Gasteiger partial charge in [-0.05, 0) is 121 Å². The lowest BCUT2D eigenvalue weighted by atomic mass is 9.93. The summed E-state index contributed by atoms with van der Waals surface area (Å²) in [6.07, 6.45) is 9.76. The van der Waals surface area contributed by atoms with Crippen LogP contribution < -0.4 is 0 Å². The molecule has 5 aromatic carbocycles. The largest absolute Gasteiger partial charge is 0.313 e. The number of hydrogen-bond donors (Lipinski definition) is 0. The number of benzene rings is 5. The quantitative estimate of drug-likeness (QED) is 0.173. The molecule has 0 saturated heterocycles. The fourth-order valence-electron chi connectivity index (χ4n) is 7.92. The zero-order chi connectivity index (χ0) is 34.4. The first-order valence-corrected chi connectivity index (χ1v) is 17.6. The topological polar surface area (TPSA) is 57.4 Å². The summed E-state index contributed by atoms with van der Waals surface area (Å²) in [6.45, 7) is 6.55.